The molecule has 1 aliphatic rings. The Morgan fingerprint density at radius 1 is 1.14 bits per heavy atom. The van der Waals surface area contributed by atoms with Crippen molar-refractivity contribution < 1.29 is 24.5 Å². The highest BCUT2D eigenvalue weighted by molar-refractivity contribution is 5.69. The predicted molar refractivity (Wildman–Crippen MR) is 117 cm³/mol. The van der Waals surface area contributed by atoms with Crippen LogP contribution in [0.15, 0.2) is 24.3 Å². The van der Waals surface area contributed by atoms with Crippen molar-refractivity contribution in [1.29, 1.82) is 0 Å². The lowest BCUT2D eigenvalue weighted by Gasteiger charge is -2.20. The first-order valence-electron chi connectivity index (χ1n) is 11.3. The van der Waals surface area contributed by atoms with Crippen LogP contribution in [0.2, 0.25) is 0 Å². The number of unbranched alkanes of at least 4 members (excludes halogenated alkanes) is 3. The van der Waals surface area contributed by atoms with Gasteiger partial charge in [-0.2, -0.15) is 0 Å². The molecule has 2 N–H and O–H groups in total. The first-order valence-corrected chi connectivity index (χ1v) is 11.3. The van der Waals surface area contributed by atoms with Gasteiger partial charge in [-0.3, -0.25) is 4.79 Å². The van der Waals surface area contributed by atoms with Crippen LogP contribution in [0.4, 0.5) is 0 Å². The fourth-order valence-corrected chi connectivity index (χ4v) is 3.90. The van der Waals surface area contributed by atoms with Crippen LogP contribution in [0.25, 0.3) is 0 Å². The van der Waals surface area contributed by atoms with Crippen LogP contribution in [0.3, 0.4) is 0 Å². The van der Waals surface area contributed by atoms with Crippen molar-refractivity contribution in [2.75, 3.05) is 7.11 Å². The van der Waals surface area contributed by atoms with Gasteiger partial charge >= 0.3 is 5.97 Å². The molecule has 5 nitrogen and oxygen atoms in total. The van der Waals surface area contributed by atoms with Crippen molar-refractivity contribution in [1.82, 2.24) is 0 Å². The Balaban J connectivity index is 2.47. The van der Waals surface area contributed by atoms with E-state index < -0.39 is 12.2 Å². The Bertz CT molecular complexity index is 499. The SMILES string of the molecule is CCCCCC(C=CC1C(O)CC(O)C1CC=CCCCC(=O)OC(C)C)OC. The molecule has 0 aromatic carbocycles. The molecule has 1 saturated carbocycles. The van der Waals surface area contributed by atoms with Gasteiger partial charge in [-0.1, -0.05) is 50.5 Å². The average Bonchev–Trinajstić information content (AvgIpc) is 2.93. The third-order valence-corrected chi connectivity index (χ3v) is 5.55. The van der Waals surface area contributed by atoms with Crippen molar-refractivity contribution in [3.05, 3.63) is 24.3 Å². The van der Waals surface area contributed by atoms with Crippen molar-refractivity contribution in [3.63, 3.8) is 0 Å². The molecule has 168 valence electrons. The van der Waals surface area contributed by atoms with Gasteiger partial charge in [0.1, 0.15) is 0 Å². The van der Waals surface area contributed by atoms with E-state index in [9.17, 15) is 15.0 Å². The summed E-state index contributed by atoms with van der Waals surface area (Å²) in [6.45, 7) is 5.89. The summed E-state index contributed by atoms with van der Waals surface area (Å²) in [6, 6.07) is 0. The van der Waals surface area contributed by atoms with Crippen LogP contribution in [-0.2, 0) is 14.3 Å². The van der Waals surface area contributed by atoms with Crippen LogP contribution in [-0.4, -0.2) is 47.7 Å². The summed E-state index contributed by atoms with van der Waals surface area (Å²) in [5.41, 5.74) is 0. The average molecular weight is 411 g/mol. The molecule has 0 spiro atoms. The summed E-state index contributed by atoms with van der Waals surface area (Å²) in [6.07, 6.45) is 14.8. The molecule has 1 aliphatic carbocycles. The fourth-order valence-electron chi connectivity index (χ4n) is 3.90. The molecule has 1 fully saturated rings. The second kappa shape index (κ2) is 14.8. The van der Waals surface area contributed by atoms with Gasteiger partial charge in [0.2, 0.25) is 0 Å². The zero-order chi connectivity index (χ0) is 21.6. The summed E-state index contributed by atoms with van der Waals surface area (Å²) in [4.78, 5) is 11.5. The lowest BCUT2D eigenvalue weighted by molar-refractivity contribution is -0.147. The first-order chi connectivity index (χ1) is 13.9. The van der Waals surface area contributed by atoms with Gasteiger partial charge in [-0.25, -0.2) is 0 Å². The van der Waals surface area contributed by atoms with Crippen LogP contribution in [0.1, 0.15) is 78.6 Å². The largest absolute Gasteiger partial charge is 0.463 e. The zero-order valence-corrected chi connectivity index (χ0v) is 18.8. The molecule has 29 heavy (non-hydrogen) atoms. The number of carbonyl (C=O) groups is 1. The van der Waals surface area contributed by atoms with Gasteiger partial charge in [0.25, 0.3) is 0 Å². The molecular formula is C24H42O5. The predicted octanol–water partition coefficient (Wildman–Crippen LogP) is 4.56. The van der Waals surface area contributed by atoms with Crippen LogP contribution >= 0.6 is 0 Å². The molecule has 1 rings (SSSR count). The smallest absolute Gasteiger partial charge is 0.306 e. The third-order valence-electron chi connectivity index (χ3n) is 5.55. The quantitative estimate of drug-likeness (QED) is 0.249. The molecule has 0 heterocycles. The highest BCUT2D eigenvalue weighted by Crippen LogP contribution is 2.36. The Kier molecular flexibility index (Phi) is 13.2. The highest BCUT2D eigenvalue weighted by atomic mass is 16.5. The van der Waals surface area contributed by atoms with Gasteiger partial charge in [0.05, 0.1) is 24.4 Å². The van der Waals surface area contributed by atoms with Gasteiger partial charge in [-0.05, 0) is 45.4 Å². The molecule has 0 saturated heterocycles. The van der Waals surface area contributed by atoms with Crippen LogP contribution < -0.4 is 0 Å². The van der Waals surface area contributed by atoms with E-state index in [0.717, 1.165) is 32.1 Å². The molecule has 5 unspecified atom stereocenters. The van der Waals surface area contributed by atoms with E-state index in [0.29, 0.717) is 12.8 Å². The number of rotatable bonds is 14. The minimum Gasteiger partial charge on any atom is -0.463 e. The topological polar surface area (TPSA) is 76.0 Å². The molecule has 0 aliphatic heterocycles. The minimum atomic E-state index is -0.515. The van der Waals surface area contributed by atoms with E-state index in [-0.39, 0.29) is 30.0 Å². The number of esters is 1. The number of aliphatic hydroxyl groups is 2. The number of aliphatic hydroxyl groups excluding tert-OH is 2. The maximum absolute atomic E-state index is 11.5. The molecule has 0 aromatic heterocycles. The normalized spacial score (nSPS) is 26.0. The van der Waals surface area contributed by atoms with E-state index in [1.807, 2.05) is 19.9 Å². The monoisotopic (exact) mass is 410 g/mol. The fraction of sp³-hybridized carbons (Fsp3) is 0.792. The highest BCUT2D eigenvalue weighted by Gasteiger charge is 2.39. The molecule has 0 radical (unpaired) electrons. The van der Waals surface area contributed by atoms with E-state index in [1.165, 1.54) is 12.8 Å². The second-order valence-electron chi connectivity index (χ2n) is 8.40. The first kappa shape index (κ1) is 25.9. The third kappa shape index (κ3) is 10.4. The Morgan fingerprint density at radius 3 is 2.55 bits per heavy atom. The van der Waals surface area contributed by atoms with E-state index in [2.05, 4.69) is 25.2 Å². The number of hydrogen-bond donors (Lipinski definition) is 2. The Morgan fingerprint density at radius 2 is 1.90 bits per heavy atom. The molecule has 5 heteroatoms. The lowest BCUT2D eigenvalue weighted by Crippen LogP contribution is -2.20. The van der Waals surface area contributed by atoms with Crippen molar-refractivity contribution >= 4 is 5.97 Å². The van der Waals surface area contributed by atoms with Crippen LogP contribution in [0, 0.1) is 11.8 Å². The Labute approximate surface area is 177 Å². The zero-order valence-electron chi connectivity index (χ0n) is 18.8. The van der Waals surface area contributed by atoms with Crippen molar-refractivity contribution in [3.8, 4) is 0 Å². The molecule has 0 aromatic rings. The van der Waals surface area contributed by atoms with E-state index in [1.54, 1.807) is 7.11 Å². The number of allylic oxidation sites excluding steroid dienone is 2. The summed E-state index contributed by atoms with van der Waals surface area (Å²) < 4.78 is 10.7. The number of carbonyl (C=O) groups excluding carboxylic acids is 1. The summed E-state index contributed by atoms with van der Waals surface area (Å²) in [7, 11) is 1.72. The molecular weight excluding hydrogens is 368 g/mol. The molecule has 0 amide bonds. The molecule has 0 bridgehead atoms. The minimum absolute atomic E-state index is 0.0107. The standard InChI is InChI=1S/C24H42O5/c1-5-6-9-12-19(28-4)15-16-21-20(22(25)17-23(21)26)13-10-7-8-11-14-24(27)29-18(2)3/h7,10,15-16,18-23,25-26H,5-6,8-9,11-14,17H2,1-4H3. The van der Waals surface area contributed by atoms with Crippen molar-refractivity contribution in [2.24, 2.45) is 11.8 Å². The van der Waals surface area contributed by atoms with Crippen molar-refractivity contribution in [2.45, 2.75) is 103 Å². The summed E-state index contributed by atoms with van der Waals surface area (Å²) in [5, 5.41) is 20.7. The number of ether oxygens (including phenoxy) is 2. The maximum atomic E-state index is 11.5. The molecule has 5 atom stereocenters. The summed E-state index contributed by atoms with van der Waals surface area (Å²) >= 11 is 0. The number of hydrogen-bond acceptors (Lipinski definition) is 5. The van der Waals surface area contributed by atoms with Crippen LogP contribution in [0.5, 0.6) is 0 Å². The summed E-state index contributed by atoms with van der Waals surface area (Å²) in [5.74, 6) is -0.198. The van der Waals surface area contributed by atoms with E-state index >= 15 is 0 Å². The van der Waals surface area contributed by atoms with Gasteiger partial charge in [-0.15, -0.1) is 0 Å². The maximum Gasteiger partial charge on any atom is 0.306 e. The van der Waals surface area contributed by atoms with E-state index in [4.69, 9.17) is 9.47 Å². The van der Waals surface area contributed by atoms with Gasteiger partial charge in [0, 0.05) is 25.9 Å². The lowest BCUT2D eigenvalue weighted by atomic mass is 9.89. The van der Waals surface area contributed by atoms with Gasteiger partial charge < -0.3 is 19.7 Å². The van der Waals surface area contributed by atoms with Gasteiger partial charge in [0.15, 0.2) is 0 Å². The Hall–Kier alpha value is -1.17. The second-order valence-corrected chi connectivity index (χ2v) is 8.40. The number of methoxy groups -OCH3 is 1.